The van der Waals surface area contributed by atoms with Gasteiger partial charge in [0.2, 0.25) is 11.1 Å². The smallest absolute Gasteiger partial charge is 0.237 e. The summed E-state index contributed by atoms with van der Waals surface area (Å²) in [6.45, 7) is 3.75. The van der Waals surface area contributed by atoms with Gasteiger partial charge in [-0.25, -0.2) is 4.68 Å². The third kappa shape index (κ3) is 4.79. The van der Waals surface area contributed by atoms with Crippen LogP contribution in [-0.2, 0) is 11.2 Å². The van der Waals surface area contributed by atoms with E-state index in [2.05, 4.69) is 15.5 Å². The van der Waals surface area contributed by atoms with Crippen LogP contribution >= 0.6 is 11.8 Å². The minimum Gasteiger partial charge on any atom is -0.457 e. The van der Waals surface area contributed by atoms with Crippen LogP contribution in [0.3, 0.4) is 0 Å². The molecule has 8 heteroatoms. The van der Waals surface area contributed by atoms with Gasteiger partial charge in [-0.15, -0.1) is 10.2 Å². The van der Waals surface area contributed by atoms with Gasteiger partial charge in [0, 0.05) is 12.1 Å². The minimum atomic E-state index is -0.374. The third-order valence-corrected chi connectivity index (χ3v) is 4.86. The average molecular weight is 383 g/mol. The topological polar surface area (TPSA) is 95.1 Å². The number of amides is 1. The molecule has 1 amide bonds. The zero-order valence-electron chi connectivity index (χ0n) is 15.1. The Morgan fingerprint density at radius 2 is 1.81 bits per heavy atom. The molecule has 27 heavy (non-hydrogen) atoms. The lowest BCUT2D eigenvalue weighted by atomic mass is 10.3. The number of nitrogens with two attached hydrogens (primary N) is 1. The highest BCUT2D eigenvalue weighted by Gasteiger charge is 2.19. The number of thioether (sulfide) groups is 1. The van der Waals surface area contributed by atoms with E-state index in [9.17, 15) is 4.79 Å². The molecule has 3 aromatic rings. The lowest BCUT2D eigenvalue weighted by molar-refractivity contribution is -0.115. The van der Waals surface area contributed by atoms with Crippen molar-refractivity contribution in [3.05, 3.63) is 60.4 Å². The number of nitrogens with zero attached hydrogens (tertiary/aromatic N) is 3. The van der Waals surface area contributed by atoms with Gasteiger partial charge in [-0.2, -0.15) is 0 Å². The highest BCUT2D eigenvalue weighted by molar-refractivity contribution is 8.00. The monoisotopic (exact) mass is 383 g/mol. The van der Waals surface area contributed by atoms with Crippen molar-refractivity contribution >= 4 is 23.4 Å². The number of carbonyl (C=O) groups is 1. The summed E-state index contributed by atoms with van der Waals surface area (Å²) in [4.78, 5) is 12.4. The molecule has 0 saturated heterocycles. The molecule has 0 fully saturated rings. The summed E-state index contributed by atoms with van der Waals surface area (Å²) in [5.74, 6) is 7.92. The maximum Gasteiger partial charge on any atom is 0.237 e. The first-order valence-electron chi connectivity index (χ1n) is 8.56. The van der Waals surface area contributed by atoms with E-state index in [1.54, 1.807) is 19.1 Å². The van der Waals surface area contributed by atoms with Crippen LogP contribution in [0.1, 0.15) is 19.7 Å². The van der Waals surface area contributed by atoms with Crippen LogP contribution < -0.4 is 15.9 Å². The predicted molar refractivity (Wildman–Crippen MR) is 106 cm³/mol. The van der Waals surface area contributed by atoms with E-state index in [1.165, 1.54) is 16.4 Å². The number of nitrogens with one attached hydrogen (secondary N) is 1. The average Bonchev–Trinajstić information content (AvgIpc) is 3.03. The van der Waals surface area contributed by atoms with Gasteiger partial charge < -0.3 is 15.9 Å². The quantitative estimate of drug-likeness (QED) is 0.479. The lowest BCUT2D eigenvalue weighted by Gasteiger charge is -2.12. The largest absolute Gasteiger partial charge is 0.457 e. The molecule has 0 radical (unpaired) electrons. The zero-order valence-corrected chi connectivity index (χ0v) is 15.9. The molecular weight excluding hydrogens is 362 g/mol. The molecule has 0 unspecified atom stereocenters. The van der Waals surface area contributed by atoms with Crippen molar-refractivity contribution in [1.82, 2.24) is 14.9 Å². The molecular formula is C19H21N5O2S. The Labute approximate surface area is 161 Å². The fraction of sp³-hybridized carbons (Fsp3) is 0.211. The number of aromatic nitrogens is 3. The molecule has 0 aliphatic rings. The summed E-state index contributed by atoms with van der Waals surface area (Å²) >= 11 is 1.27. The van der Waals surface area contributed by atoms with Gasteiger partial charge in [0.15, 0.2) is 5.82 Å². The molecule has 2 aromatic carbocycles. The molecule has 7 nitrogen and oxygen atoms in total. The van der Waals surface area contributed by atoms with Crippen LogP contribution in [0.4, 0.5) is 5.69 Å². The van der Waals surface area contributed by atoms with E-state index in [4.69, 9.17) is 10.6 Å². The van der Waals surface area contributed by atoms with Gasteiger partial charge in [-0.1, -0.05) is 36.9 Å². The number of carbonyl (C=O) groups excluding carboxylic acids is 1. The van der Waals surface area contributed by atoms with Crippen molar-refractivity contribution in [2.45, 2.75) is 30.7 Å². The Morgan fingerprint density at radius 3 is 2.44 bits per heavy atom. The van der Waals surface area contributed by atoms with E-state index in [1.807, 2.05) is 49.4 Å². The number of rotatable bonds is 7. The highest BCUT2D eigenvalue weighted by atomic mass is 32.2. The second kappa shape index (κ2) is 8.59. The van der Waals surface area contributed by atoms with E-state index < -0.39 is 0 Å². The first-order valence-corrected chi connectivity index (χ1v) is 9.44. The van der Waals surface area contributed by atoms with Crippen molar-refractivity contribution in [2.75, 3.05) is 11.2 Å². The zero-order chi connectivity index (χ0) is 19.2. The number of anilines is 1. The van der Waals surface area contributed by atoms with Crippen LogP contribution in [0.5, 0.6) is 11.5 Å². The number of hydrogen-bond donors (Lipinski definition) is 2. The highest BCUT2D eigenvalue weighted by Crippen LogP contribution is 2.24. The molecule has 1 heterocycles. The van der Waals surface area contributed by atoms with Crippen molar-refractivity contribution in [1.29, 1.82) is 0 Å². The predicted octanol–water partition coefficient (Wildman–Crippen LogP) is 3.47. The first kappa shape index (κ1) is 18.8. The van der Waals surface area contributed by atoms with Gasteiger partial charge in [-0.3, -0.25) is 4.79 Å². The van der Waals surface area contributed by atoms with Crippen molar-refractivity contribution in [2.24, 2.45) is 0 Å². The van der Waals surface area contributed by atoms with Crippen LogP contribution in [-0.4, -0.2) is 26.0 Å². The van der Waals surface area contributed by atoms with Gasteiger partial charge >= 0.3 is 0 Å². The van der Waals surface area contributed by atoms with Crippen molar-refractivity contribution < 1.29 is 9.53 Å². The Balaban J connectivity index is 1.57. The summed E-state index contributed by atoms with van der Waals surface area (Å²) in [5, 5.41) is 11.0. The van der Waals surface area contributed by atoms with Crippen LogP contribution in [0.15, 0.2) is 59.8 Å². The molecule has 3 N–H and O–H groups in total. The maximum absolute atomic E-state index is 12.4. The fourth-order valence-corrected chi connectivity index (χ4v) is 3.10. The number of para-hydroxylation sites is 1. The third-order valence-electron chi connectivity index (χ3n) is 3.80. The van der Waals surface area contributed by atoms with Crippen LogP contribution in [0.25, 0.3) is 0 Å². The first-order chi connectivity index (χ1) is 13.1. The van der Waals surface area contributed by atoms with Gasteiger partial charge in [0.05, 0.1) is 5.25 Å². The van der Waals surface area contributed by atoms with E-state index >= 15 is 0 Å². The van der Waals surface area contributed by atoms with Crippen molar-refractivity contribution in [3.8, 4) is 11.5 Å². The standard InChI is InChI=1S/C19H21N5O2S/c1-3-17-22-23-19(24(17)20)27-13(2)18(25)21-14-9-11-16(12-10-14)26-15-7-5-4-6-8-15/h4-13H,3,20H2,1-2H3,(H,21,25)/t13-/m1/s1. The molecule has 0 bridgehead atoms. The second-order valence-corrected chi connectivity index (χ2v) is 7.12. The van der Waals surface area contributed by atoms with Gasteiger partial charge in [0.25, 0.3) is 0 Å². The minimum absolute atomic E-state index is 0.141. The Hall–Kier alpha value is -3.00. The summed E-state index contributed by atoms with van der Waals surface area (Å²) < 4.78 is 7.16. The molecule has 0 spiro atoms. The summed E-state index contributed by atoms with van der Waals surface area (Å²) in [6.07, 6.45) is 0.683. The van der Waals surface area contributed by atoms with E-state index in [0.717, 1.165) is 5.75 Å². The molecule has 140 valence electrons. The van der Waals surface area contributed by atoms with Gasteiger partial charge in [0.1, 0.15) is 11.5 Å². The molecule has 1 aromatic heterocycles. The SMILES string of the molecule is CCc1nnc(S[C@H](C)C(=O)Nc2ccc(Oc3ccccc3)cc2)n1N. The number of benzene rings is 2. The number of ether oxygens (including phenoxy) is 1. The van der Waals surface area contributed by atoms with Crippen LogP contribution in [0.2, 0.25) is 0 Å². The van der Waals surface area contributed by atoms with Crippen molar-refractivity contribution in [3.63, 3.8) is 0 Å². The fourth-order valence-electron chi connectivity index (χ4n) is 2.32. The van der Waals surface area contributed by atoms with E-state index in [-0.39, 0.29) is 11.2 Å². The summed E-state index contributed by atoms with van der Waals surface area (Å²) in [6, 6.07) is 16.7. The molecule has 0 aliphatic heterocycles. The Morgan fingerprint density at radius 1 is 1.15 bits per heavy atom. The second-order valence-electron chi connectivity index (χ2n) is 5.81. The summed E-state index contributed by atoms with van der Waals surface area (Å²) in [5.41, 5.74) is 0.691. The Bertz CT molecular complexity index is 896. The summed E-state index contributed by atoms with van der Waals surface area (Å²) in [7, 11) is 0. The lowest BCUT2D eigenvalue weighted by Crippen LogP contribution is -2.23. The molecule has 0 aliphatic carbocycles. The molecule has 3 rings (SSSR count). The maximum atomic E-state index is 12.4. The number of nitrogen functional groups attached to an aromatic ring is 1. The molecule has 0 saturated carbocycles. The Kier molecular flexibility index (Phi) is 5.97. The number of aryl methyl sites for hydroxylation is 1. The normalized spacial score (nSPS) is 11.8. The van der Waals surface area contributed by atoms with Gasteiger partial charge in [-0.05, 0) is 43.3 Å². The molecule has 1 atom stereocenters. The van der Waals surface area contributed by atoms with Crippen LogP contribution in [0, 0.1) is 0 Å². The number of hydrogen-bond acceptors (Lipinski definition) is 6. The van der Waals surface area contributed by atoms with E-state index in [0.29, 0.717) is 28.8 Å².